The largest absolute Gasteiger partial charge is 0.467 e. The normalized spacial score (nSPS) is 12.4. The molecule has 1 unspecified atom stereocenters. The summed E-state index contributed by atoms with van der Waals surface area (Å²) in [6.45, 7) is 3.62. The van der Waals surface area contributed by atoms with E-state index in [0.29, 0.717) is 39.6 Å². The number of amides is 1. The zero-order valence-corrected chi connectivity index (χ0v) is 13.6. The van der Waals surface area contributed by atoms with Gasteiger partial charge in [0, 0.05) is 0 Å². The maximum atomic E-state index is 12.9. The van der Waals surface area contributed by atoms with Crippen molar-refractivity contribution in [1.29, 1.82) is 0 Å². The Labute approximate surface area is 142 Å². The van der Waals surface area contributed by atoms with Gasteiger partial charge in [-0.2, -0.15) is 0 Å². The summed E-state index contributed by atoms with van der Waals surface area (Å²) in [7, 11) is 0. The average molecular weight is 337 g/mol. The number of carbonyl (C=O) groups is 1. The van der Waals surface area contributed by atoms with Gasteiger partial charge in [-0.3, -0.25) is 4.79 Å². The van der Waals surface area contributed by atoms with Crippen molar-refractivity contribution in [3.05, 3.63) is 59.9 Å². The molecule has 0 saturated carbocycles. The predicted octanol–water partition coefficient (Wildman–Crippen LogP) is 3.88. The molecule has 0 radical (unpaired) electrons. The monoisotopic (exact) mass is 337 g/mol. The first-order valence-corrected chi connectivity index (χ1v) is 7.78. The average Bonchev–Trinajstić information content (AvgIpc) is 3.36. The topological polar surface area (TPSA) is 94.3 Å². The van der Waals surface area contributed by atoms with E-state index in [1.165, 1.54) is 0 Å². The molecule has 25 heavy (non-hydrogen) atoms. The SMILES string of the molecule is Cc1noc2nc(-c3ccco3)cc(C(=O)NC(C)c3ccco3)c12. The lowest BCUT2D eigenvalue weighted by molar-refractivity contribution is 0.0937. The summed E-state index contributed by atoms with van der Waals surface area (Å²) in [4.78, 5) is 17.2. The van der Waals surface area contributed by atoms with Gasteiger partial charge in [0.25, 0.3) is 11.6 Å². The minimum absolute atomic E-state index is 0.268. The van der Waals surface area contributed by atoms with Crippen molar-refractivity contribution in [1.82, 2.24) is 15.5 Å². The number of aryl methyl sites for hydroxylation is 1. The number of aromatic nitrogens is 2. The molecular weight excluding hydrogens is 322 g/mol. The first-order chi connectivity index (χ1) is 12.1. The van der Waals surface area contributed by atoms with Crippen LogP contribution in [-0.2, 0) is 0 Å². The predicted molar refractivity (Wildman–Crippen MR) is 88.8 cm³/mol. The van der Waals surface area contributed by atoms with Gasteiger partial charge < -0.3 is 18.7 Å². The van der Waals surface area contributed by atoms with Crippen molar-refractivity contribution >= 4 is 17.0 Å². The van der Waals surface area contributed by atoms with Crippen LogP contribution in [0, 0.1) is 6.92 Å². The zero-order chi connectivity index (χ0) is 17.4. The number of furan rings is 2. The molecule has 4 rings (SSSR count). The van der Waals surface area contributed by atoms with Crippen LogP contribution in [0.1, 0.15) is 34.8 Å². The number of nitrogens with one attached hydrogen (secondary N) is 1. The highest BCUT2D eigenvalue weighted by atomic mass is 16.5. The number of pyridine rings is 1. The summed E-state index contributed by atoms with van der Waals surface area (Å²) < 4.78 is 16.0. The molecular formula is C18H15N3O4. The van der Waals surface area contributed by atoms with Crippen LogP contribution in [0.3, 0.4) is 0 Å². The summed E-state index contributed by atoms with van der Waals surface area (Å²) >= 11 is 0. The number of hydrogen-bond donors (Lipinski definition) is 1. The third-order valence-electron chi connectivity index (χ3n) is 3.95. The van der Waals surface area contributed by atoms with Gasteiger partial charge in [-0.15, -0.1) is 0 Å². The Bertz CT molecular complexity index is 1020. The minimum Gasteiger partial charge on any atom is -0.467 e. The molecule has 1 atom stereocenters. The van der Waals surface area contributed by atoms with Gasteiger partial charge in [-0.1, -0.05) is 5.16 Å². The third-order valence-corrected chi connectivity index (χ3v) is 3.95. The van der Waals surface area contributed by atoms with Crippen LogP contribution in [-0.4, -0.2) is 16.0 Å². The lowest BCUT2D eigenvalue weighted by Crippen LogP contribution is -2.26. The Balaban J connectivity index is 1.76. The number of fused-ring (bicyclic) bond motifs is 1. The van der Waals surface area contributed by atoms with E-state index >= 15 is 0 Å². The Morgan fingerprint density at radius 2 is 2.00 bits per heavy atom. The molecule has 4 heterocycles. The van der Waals surface area contributed by atoms with E-state index < -0.39 is 0 Å². The second kappa shape index (κ2) is 5.94. The highest BCUT2D eigenvalue weighted by molar-refractivity contribution is 6.07. The molecule has 0 bridgehead atoms. The molecule has 1 N–H and O–H groups in total. The minimum atomic E-state index is -0.280. The van der Waals surface area contributed by atoms with Crippen LogP contribution in [0.5, 0.6) is 0 Å². The van der Waals surface area contributed by atoms with Crippen LogP contribution < -0.4 is 5.32 Å². The molecule has 0 aliphatic carbocycles. The van der Waals surface area contributed by atoms with Gasteiger partial charge in [-0.05, 0) is 44.2 Å². The summed E-state index contributed by atoms with van der Waals surface area (Å²) in [6, 6.07) is 8.51. The fourth-order valence-corrected chi connectivity index (χ4v) is 2.71. The van der Waals surface area contributed by atoms with E-state index in [9.17, 15) is 4.79 Å². The Morgan fingerprint density at radius 1 is 1.20 bits per heavy atom. The molecule has 0 spiro atoms. The number of hydrogen-bond acceptors (Lipinski definition) is 6. The molecule has 1 amide bonds. The van der Waals surface area contributed by atoms with Crippen molar-refractivity contribution < 1.29 is 18.2 Å². The van der Waals surface area contributed by atoms with Crippen molar-refractivity contribution in [2.24, 2.45) is 0 Å². The van der Waals surface area contributed by atoms with Crippen LogP contribution in [0.4, 0.5) is 0 Å². The van der Waals surface area contributed by atoms with E-state index in [4.69, 9.17) is 13.4 Å². The van der Waals surface area contributed by atoms with Crippen LogP contribution in [0.25, 0.3) is 22.6 Å². The summed E-state index contributed by atoms with van der Waals surface area (Å²) in [6.07, 6.45) is 3.12. The van der Waals surface area contributed by atoms with Crippen molar-refractivity contribution in [2.45, 2.75) is 19.9 Å². The molecule has 0 aromatic carbocycles. The van der Waals surface area contributed by atoms with E-state index in [-0.39, 0.29) is 11.9 Å². The third kappa shape index (κ3) is 2.69. The lowest BCUT2D eigenvalue weighted by atomic mass is 10.1. The van der Waals surface area contributed by atoms with E-state index in [1.807, 2.05) is 13.0 Å². The Kier molecular flexibility index (Phi) is 3.61. The maximum absolute atomic E-state index is 12.9. The van der Waals surface area contributed by atoms with E-state index in [1.54, 1.807) is 43.7 Å². The van der Waals surface area contributed by atoms with Crippen molar-refractivity contribution in [3.8, 4) is 11.5 Å². The molecule has 7 heteroatoms. The van der Waals surface area contributed by atoms with Crippen molar-refractivity contribution in [3.63, 3.8) is 0 Å². The Morgan fingerprint density at radius 3 is 2.72 bits per heavy atom. The second-order valence-corrected chi connectivity index (χ2v) is 5.69. The number of rotatable bonds is 4. The summed E-state index contributed by atoms with van der Waals surface area (Å²) in [5.41, 5.74) is 1.82. The molecule has 4 aromatic heterocycles. The second-order valence-electron chi connectivity index (χ2n) is 5.69. The van der Waals surface area contributed by atoms with E-state index in [2.05, 4.69) is 15.5 Å². The molecule has 0 saturated heterocycles. The lowest BCUT2D eigenvalue weighted by Gasteiger charge is -2.12. The summed E-state index contributed by atoms with van der Waals surface area (Å²) in [5, 5.41) is 7.43. The van der Waals surface area contributed by atoms with Crippen LogP contribution in [0.15, 0.2) is 56.2 Å². The number of carbonyl (C=O) groups excluding carboxylic acids is 1. The van der Waals surface area contributed by atoms with Gasteiger partial charge in [0.2, 0.25) is 0 Å². The van der Waals surface area contributed by atoms with Gasteiger partial charge in [0.15, 0.2) is 5.76 Å². The standard InChI is InChI=1S/C18H15N3O4/c1-10(14-5-3-7-23-14)19-17(22)12-9-13(15-6-4-8-24-15)20-18-16(12)11(2)21-25-18/h3-10H,1-2H3,(H,19,22). The first-order valence-electron chi connectivity index (χ1n) is 7.78. The van der Waals surface area contributed by atoms with Crippen LogP contribution in [0.2, 0.25) is 0 Å². The van der Waals surface area contributed by atoms with Gasteiger partial charge in [0.05, 0.1) is 35.2 Å². The highest BCUT2D eigenvalue weighted by Gasteiger charge is 2.22. The smallest absolute Gasteiger partial charge is 0.259 e. The van der Waals surface area contributed by atoms with E-state index in [0.717, 1.165) is 0 Å². The molecule has 0 aliphatic rings. The summed E-state index contributed by atoms with van der Waals surface area (Å²) in [5.74, 6) is 0.950. The number of nitrogens with zero attached hydrogens (tertiary/aromatic N) is 2. The molecule has 7 nitrogen and oxygen atoms in total. The highest BCUT2D eigenvalue weighted by Crippen LogP contribution is 2.27. The molecule has 0 fully saturated rings. The van der Waals surface area contributed by atoms with Crippen molar-refractivity contribution in [2.75, 3.05) is 0 Å². The van der Waals surface area contributed by atoms with Crippen LogP contribution >= 0.6 is 0 Å². The van der Waals surface area contributed by atoms with Gasteiger partial charge in [-0.25, -0.2) is 4.98 Å². The molecule has 4 aromatic rings. The fourth-order valence-electron chi connectivity index (χ4n) is 2.71. The quantitative estimate of drug-likeness (QED) is 0.607. The maximum Gasteiger partial charge on any atom is 0.259 e. The van der Waals surface area contributed by atoms with Gasteiger partial charge >= 0.3 is 0 Å². The Hall–Kier alpha value is -3.35. The molecule has 126 valence electrons. The first kappa shape index (κ1) is 15.2. The molecule has 0 aliphatic heterocycles. The zero-order valence-electron chi connectivity index (χ0n) is 13.6. The van der Waals surface area contributed by atoms with Gasteiger partial charge in [0.1, 0.15) is 11.5 Å². The fraction of sp³-hybridized carbons (Fsp3) is 0.167.